The summed E-state index contributed by atoms with van der Waals surface area (Å²) in [5.41, 5.74) is 4.74. The molecule has 8 rings (SSSR count). The van der Waals surface area contributed by atoms with Crippen molar-refractivity contribution in [1.82, 2.24) is 30.0 Å². The molecule has 0 aliphatic carbocycles. The second-order valence-electron chi connectivity index (χ2n) is 16.0. The highest BCUT2D eigenvalue weighted by Gasteiger charge is 2.45. The summed E-state index contributed by atoms with van der Waals surface area (Å²) in [5.74, 6) is -2.66. The van der Waals surface area contributed by atoms with Crippen LogP contribution < -0.4 is 21.3 Å². The fourth-order valence-electron chi connectivity index (χ4n) is 8.07. The number of carbonyl (C=O) groups is 6. The smallest absolute Gasteiger partial charge is 0.264 e. The average Bonchev–Trinajstić information content (AvgIpc) is 4.03. The molecule has 0 bridgehead atoms. The topological polar surface area (TPSA) is 186 Å². The highest BCUT2D eigenvalue weighted by Crippen LogP contribution is 2.34. The Hall–Kier alpha value is -5.85. The van der Waals surface area contributed by atoms with Crippen LogP contribution in [0.1, 0.15) is 78.5 Å². The minimum absolute atomic E-state index is 0.0143. The number of thiazole rings is 2. The molecule has 3 aromatic carbocycles. The molecule has 1 unspecified atom stereocenters. The molecule has 6 amide bonds. The highest BCUT2D eigenvalue weighted by molar-refractivity contribution is 7.15. The lowest BCUT2D eigenvalue weighted by atomic mass is 10.0. The molecule has 2 saturated heterocycles. The number of imide groups is 2. The number of fused-ring (bicyclic) bond motifs is 1. The molecule has 0 saturated carbocycles. The van der Waals surface area contributed by atoms with E-state index in [2.05, 4.69) is 31.1 Å². The van der Waals surface area contributed by atoms with Crippen molar-refractivity contribution in [1.29, 1.82) is 0 Å². The molecule has 2 fully saturated rings. The summed E-state index contributed by atoms with van der Waals surface area (Å²) in [6.45, 7) is 4.32. The molecule has 332 valence electrons. The van der Waals surface area contributed by atoms with E-state index in [1.54, 1.807) is 23.5 Å². The summed E-state index contributed by atoms with van der Waals surface area (Å²) in [5, 5.41) is 17.6. The number of amides is 6. The molecule has 5 heterocycles. The van der Waals surface area contributed by atoms with Gasteiger partial charge in [0, 0.05) is 71.7 Å². The predicted molar refractivity (Wildman–Crippen MR) is 249 cm³/mol. The van der Waals surface area contributed by atoms with Gasteiger partial charge in [0.15, 0.2) is 5.13 Å². The number of nitrogens with one attached hydrogen (secondary N) is 4. The molecule has 1 atom stereocenters. The fraction of sp³-hybridized carbons (Fsp3) is 0.348. The maximum absolute atomic E-state index is 13.4. The summed E-state index contributed by atoms with van der Waals surface area (Å²) in [6.07, 6.45) is 6.84. The first-order valence-electron chi connectivity index (χ1n) is 21.5. The van der Waals surface area contributed by atoms with E-state index in [1.807, 2.05) is 59.3 Å². The maximum atomic E-state index is 13.4. The lowest BCUT2D eigenvalue weighted by molar-refractivity contribution is -0.136. The van der Waals surface area contributed by atoms with E-state index in [9.17, 15) is 28.8 Å². The lowest BCUT2D eigenvalue weighted by Gasteiger charge is -2.34. The Bertz CT molecular complexity index is 2520. The first-order chi connectivity index (χ1) is 31.1. The van der Waals surface area contributed by atoms with E-state index >= 15 is 0 Å². The summed E-state index contributed by atoms with van der Waals surface area (Å²) in [7, 11) is 0. The molecule has 3 aliphatic heterocycles. The Kier molecular flexibility index (Phi) is 14.5. The fourth-order valence-corrected chi connectivity index (χ4v) is 9.77. The van der Waals surface area contributed by atoms with Crippen LogP contribution in [0.15, 0.2) is 77.5 Å². The first-order valence-corrected chi connectivity index (χ1v) is 23.6. The van der Waals surface area contributed by atoms with Crippen molar-refractivity contribution in [2.75, 3.05) is 55.2 Å². The van der Waals surface area contributed by atoms with Crippen molar-refractivity contribution in [3.8, 4) is 22.0 Å². The van der Waals surface area contributed by atoms with E-state index in [1.165, 1.54) is 17.4 Å². The van der Waals surface area contributed by atoms with Crippen LogP contribution >= 0.6 is 34.3 Å². The number of anilines is 4. The number of hydrogen-bond acceptors (Lipinski definition) is 13. The minimum Gasteiger partial charge on any atom is -0.332 e. The van der Waals surface area contributed by atoms with Crippen LogP contribution in [0.5, 0.6) is 0 Å². The van der Waals surface area contributed by atoms with Crippen molar-refractivity contribution in [2.24, 2.45) is 0 Å². The number of piperazine rings is 1. The number of aromatic nitrogens is 2. The highest BCUT2D eigenvalue weighted by atomic mass is 35.5. The van der Waals surface area contributed by atoms with Crippen LogP contribution in [0.2, 0.25) is 5.02 Å². The molecule has 64 heavy (non-hydrogen) atoms. The largest absolute Gasteiger partial charge is 0.332 e. The monoisotopic (exact) mass is 921 g/mol. The van der Waals surface area contributed by atoms with Gasteiger partial charge < -0.3 is 20.9 Å². The van der Waals surface area contributed by atoms with Crippen LogP contribution in [-0.2, 0) is 19.2 Å². The van der Waals surface area contributed by atoms with Crippen LogP contribution in [-0.4, -0.2) is 105 Å². The molecule has 2 aromatic heterocycles. The summed E-state index contributed by atoms with van der Waals surface area (Å²) >= 11 is 9.05. The number of piperidine rings is 1. The van der Waals surface area contributed by atoms with Gasteiger partial charge in [-0.15, -0.1) is 22.7 Å². The van der Waals surface area contributed by atoms with Crippen LogP contribution in [0.4, 0.5) is 22.2 Å². The van der Waals surface area contributed by atoms with Gasteiger partial charge in [-0.1, -0.05) is 55.5 Å². The van der Waals surface area contributed by atoms with Gasteiger partial charge in [-0.25, -0.2) is 9.97 Å². The number of hydrogen-bond donors (Lipinski definition) is 4. The van der Waals surface area contributed by atoms with Gasteiger partial charge in [-0.3, -0.25) is 43.9 Å². The van der Waals surface area contributed by atoms with Crippen LogP contribution in [0.25, 0.3) is 22.0 Å². The number of nitrogens with zero attached hydrogens (tertiary/aromatic N) is 5. The Morgan fingerprint density at radius 1 is 0.734 bits per heavy atom. The van der Waals surface area contributed by atoms with E-state index in [0.717, 1.165) is 115 Å². The molecule has 18 heteroatoms. The van der Waals surface area contributed by atoms with Gasteiger partial charge in [0.05, 0.1) is 29.1 Å². The van der Waals surface area contributed by atoms with Gasteiger partial charge in [-0.2, -0.15) is 0 Å². The number of carbonyl (C=O) groups excluding carboxylic acids is 6. The van der Waals surface area contributed by atoms with E-state index in [4.69, 9.17) is 21.6 Å². The van der Waals surface area contributed by atoms with Crippen molar-refractivity contribution < 1.29 is 28.8 Å². The number of benzene rings is 3. The van der Waals surface area contributed by atoms with Gasteiger partial charge in [0.1, 0.15) is 16.7 Å². The van der Waals surface area contributed by atoms with Gasteiger partial charge in [-0.05, 0) is 74.3 Å². The minimum atomic E-state index is -1.07. The maximum Gasteiger partial charge on any atom is 0.264 e. The molecular weight excluding hydrogens is 874 g/mol. The quantitative estimate of drug-likeness (QED) is 0.0500. The standard InChI is InChI=1S/C46H48ClN9O6S2/c47-30-13-17-32(18-14-30)49-46-52-36(28-64-46)43-51-35(27-63-43)29-11-15-31(16-12-29)48-38(57)10-5-3-1-2-4-6-21-54-22-24-55(25-23-54)26-40(59)50-34-9-7-8-33-41(34)45(62)56(44(33)61)37-19-20-39(58)53-42(37)60/h7-9,11-18,27-28,37H,1-6,10,19-26H2,(H,48,57)(H,49,52)(H,50,59)(H,53,58,60). The van der Waals surface area contributed by atoms with Crippen LogP contribution in [0.3, 0.4) is 0 Å². The molecule has 3 aliphatic rings. The number of halogens is 1. The van der Waals surface area contributed by atoms with Gasteiger partial charge in [0.2, 0.25) is 23.6 Å². The number of rotatable bonds is 18. The lowest BCUT2D eigenvalue weighted by Crippen LogP contribution is -2.54. The molecule has 0 radical (unpaired) electrons. The van der Waals surface area contributed by atoms with Gasteiger partial charge in [0.25, 0.3) is 11.8 Å². The zero-order chi connectivity index (χ0) is 44.6. The zero-order valence-corrected chi connectivity index (χ0v) is 37.5. The molecule has 0 spiro atoms. The molecule has 4 N–H and O–H groups in total. The second kappa shape index (κ2) is 20.8. The van der Waals surface area contributed by atoms with Crippen molar-refractivity contribution in [3.63, 3.8) is 0 Å². The first kappa shape index (κ1) is 44.7. The van der Waals surface area contributed by atoms with E-state index < -0.39 is 29.7 Å². The summed E-state index contributed by atoms with van der Waals surface area (Å²) in [6, 6.07) is 18.8. The third-order valence-electron chi connectivity index (χ3n) is 11.5. The van der Waals surface area contributed by atoms with E-state index in [0.29, 0.717) is 11.4 Å². The Morgan fingerprint density at radius 2 is 1.44 bits per heavy atom. The molecular formula is C46H48ClN9O6S2. The third-order valence-corrected chi connectivity index (χ3v) is 13.4. The second-order valence-corrected chi connectivity index (χ2v) is 18.2. The number of unbranched alkanes of at least 4 members (excludes halogenated alkanes) is 5. The van der Waals surface area contributed by atoms with Crippen molar-refractivity contribution in [2.45, 2.75) is 63.8 Å². The van der Waals surface area contributed by atoms with Crippen molar-refractivity contribution >= 4 is 91.9 Å². The van der Waals surface area contributed by atoms with Gasteiger partial charge >= 0.3 is 0 Å². The zero-order valence-electron chi connectivity index (χ0n) is 35.1. The summed E-state index contributed by atoms with van der Waals surface area (Å²) in [4.78, 5) is 91.2. The predicted octanol–water partition coefficient (Wildman–Crippen LogP) is 7.66. The Morgan fingerprint density at radius 3 is 2.20 bits per heavy atom. The average molecular weight is 923 g/mol. The Balaban J connectivity index is 0.671. The summed E-state index contributed by atoms with van der Waals surface area (Å²) < 4.78 is 0. The molecule has 15 nitrogen and oxygen atoms in total. The third kappa shape index (κ3) is 11.1. The van der Waals surface area contributed by atoms with Crippen LogP contribution in [0, 0.1) is 0 Å². The SMILES string of the molecule is O=C1CCC(N2C(=O)c3cccc(NC(=O)CN4CCN(CCCCCCCCC(=O)Nc5ccc(-c6csc(-c7csc(Nc8ccc(Cl)cc8)n7)n6)cc5)CC4)c3C2=O)C(=O)N1. The van der Waals surface area contributed by atoms with E-state index in [-0.39, 0.29) is 48.0 Å². The normalized spacial score (nSPS) is 16.8. The molecule has 5 aromatic rings. The Labute approximate surface area is 383 Å². The van der Waals surface area contributed by atoms with Crippen molar-refractivity contribution in [3.05, 3.63) is 93.6 Å².